The second-order valence-electron chi connectivity index (χ2n) is 5.95. The topological polar surface area (TPSA) is 65.1 Å². The Kier molecular flexibility index (Phi) is 4.36. The van der Waals surface area contributed by atoms with Gasteiger partial charge in [-0.2, -0.15) is 0 Å². The lowest BCUT2D eigenvalue weighted by molar-refractivity contribution is 0.0695. The van der Waals surface area contributed by atoms with Crippen molar-refractivity contribution in [1.82, 2.24) is 10.3 Å². The van der Waals surface area contributed by atoms with Gasteiger partial charge in [-0.3, -0.25) is 4.79 Å². The monoisotopic (exact) mass is 286 g/mol. The van der Waals surface area contributed by atoms with Gasteiger partial charge in [0.25, 0.3) is 5.56 Å². The molecule has 1 heterocycles. The number of rotatable bonds is 4. The first-order chi connectivity index (χ1) is 10.2. The van der Waals surface area contributed by atoms with Crippen molar-refractivity contribution in [3.8, 4) is 0 Å². The molecule has 1 saturated carbocycles. The first kappa shape index (κ1) is 14.3. The van der Waals surface area contributed by atoms with Crippen molar-refractivity contribution in [2.75, 3.05) is 6.54 Å². The van der Waals surface area contributed by atoms with E-state index in [0.29, 0.717) is 12.5 Å². The van der Waals surface area contributed by atoms with Crippen molar-refractivity contribution in [2.45, 2.75) is 38.3 Å². The molecule has 0 radical (unpaired) electrons. The van der Waals surface area contributed by atoms with Gasteiger partial charge in [0.2, 0.25) is 0 Å². The van der Waals surface area contributed by atoms with Crippen LogP contribution in [0.4, 0.5) is 0 Å². The fourth-order valence-corrected chi connectivity index (χ4v) is 3.14. The molecule has 1 aromatic heterocycles. The molecule has 1 aliphatic rings. The van der Waals surface area contributed by atoms with E-state index in [2.05, 4.69) is 10.3 Å². The van der Waals surface area contributed by atoms with Crippen LogP contribution in [0.15, 0.2) is 35.1 Å². The van der Waals surface area contributed by atoms with Crippen LogP contribution in [0.3, 0.4) is 0 Å². The predicted molar refractivity (Wildman–Crippen MR) is 84.2 cm³/mol. The van der Waals surface area contributed by atoms with Gasteiger partial charge in [-0.15, -0.1) is 0 Å². The number of nitrogens with one attached hydrogen (secondary N) is 2. The number of aliphatic hydroxyl groups is 1. The lowest BCUT2D eigenvalue weighted by atomic mass is 9.86. The largest absolute Gasteiger partial charge is 0.393 e. The molecule has 0 amide bonds. The summed E-state index contributed by atoms with van der Waals surface area (Å²) in [5.41, 5.74) is 1.58. The Labute approximate surface area is 124 Å². The number of para-hydroxylation sites is 1. The molecule has 1 fully saturated rings. The first-order valence-corrected chi connectivity index (χ1v) is 7.74. The fourth-order valence-electron chi connectivity index (χ4n) is 3.14. The molecule has 4 heteroatoms. The number of aliphatic hydroxyl groups excluding tert-OH is 1. The summed E-state index contributed by atoms with van der Waals surface area (Å²) in [5, 5.41) is 14.3. The van der Waals surface area contributed by atoms with Gasteiger partial charge < -0.3 is 15.4 Å². The summed E-state index contributed by atoms with van der Waals surface area (Å²) >= 11 is 0. The molecule has 2 aromatic rings. The summed E-state index contributed by atoms with van der Waals surface area (Å²) in [6.07, 6.45) is 4.11. The lowest BCUT2D eigenvalue weighted by Crippen LogP contribution is -2.34. The average molecular weight is 286 g/mol. The molecule has 1 aliphatic carbocycles. The summed E-state index contributed by atoms with van der Waals surface area (Å²) < 4.78 is 0. The molecule has 0 aliphatic heterocycles. The van der Waals surface area contributed by atoms with Crippen molar-refractivity contribution in [3.05, 3.63) is 46.2 Å². The first-order valence-electron chi connectivity index (χ1n) is 7.74. The maximum absolute atomic E-state index is 12.0. The molecular formula is C17H22N2O2. The number of hydrogen-bond acceptors (Lipinski definition) is 3. The summed E-state index contributed by atoms with van der Waals surface area (Å²) in [6, 6.07) is 9.74. The number of fused-ring (bicyclic) bond motifs is 1. The SMILES string of the molecule is O=c1[nH]c2ccccc2cc1CNCC1CCCCC1O. The smallest absolute Gasteiger partial charge is 0.252 e. The normalized spacial score (nSPS) is 22.5. The number of benzene rings is 1. The third-order valence-electron chi connectivity index (χ3n) is 4.42. The van der Waals surface area contributed by atoms with Crippen LogP contribution in [0, 0.1) is 5.92 Å². The highest BCUT2D eigenvalue weighted by molar-refractivity contribution is 5.78. The average Bonchev–Trinajstić information content (AvgIpc) is 2.49. The van der Waals surface area contributed by atoms with Gasteiger partial charge in [-0.05, 0) is 36.3 Å². The third-order valence-corrected chi connectivity index (χ3v) is 4.42. The van der Waals surface area contributed by atoms with E-state index in [1.807, 2.05) is 30.3 Å². The van der Waals surface area contributed by atoms with Gasteiger partial charge >= 0.3 is 0 Å². The van der Waals surface area contributed by atoms with E-state index in [0.717, 1.165) is 42.3 Å². The van der Waals surface area contributed by atoms with Gasteiger partial charge in [-0.25, -0.2) is 0 Å². The summed E-state index contributed by atoms with van der Waals surface area (Å²) in [7, 11) is 0. The van der Waals surface area contributed by atoms with E-state index < -0.39 is 0 Å². The summed E-state index contributed by atoms with van der Waals surface area (Å²) in [4.78, 5) is 14.9. The molecule has 0 bridgehead atoms. The van der Waals surface area contributed by atoms with Crippen LogP contribution in [0.25, 0.3) is 10.9 Å². The molecule has 3 N–H and O–H groups in total. The number of H-pyrrole nitrogens is 1. The maximum atomic E-state index is 12.0. The molecule has 21 heavy (non-hydrogen) atoms. The van der Waals surface area contributed by atoms with Crippen molar-refractivity contribution < 1.29 is 5.11 Å². The van der Waals surface area contributed by atoms with E-state index in [-0.39, 0.29) is 11.7 Å². The van der Waals surface area contributed by atoms with E-state index in [1.165, 1.54) is 6.42 Å². The van der Waals surface area contributed by atoms with Crippen molar-refractivity contribution in [3.63, 3.8) is 0 Å². The van der Waals surface area contributed by atoms with Crippen LogP contribution < -0.4 is 10.9 Å². The Bertz CT molecular complexity index is 665. The number of aromatic amines is 1. The quantitative estimate of drug-likeness (QED) is 0.807. The van der Waals surface area contributed by atoms with Crippen LogP contribution in [0.1, 0.15) is 31.2 Å². The lowest BCUT2D eigenvalue weighted by Gasteiger charge is -2.27. The molecule has 0 spiro atoms. The summed E-state index contributed by atoms with van der Waals surface area (Å²) in [5.74, 6) is 0.318. The minimum atomic E-state index is -0.193. The Morgan fingerprint density at radius 3 is 2.90 bits per heavy atom. The van der Waals surface area contributed by atoms with E-state index >= 15 is 0 Å². The number of pyridine rings is 1. The molecule has 3 rings (SSSR count). The second kappa shape index (κ2) is 6.41. The summed E-state index contributed by atoms with van der Waals surface area (Å²) in [6.45, 7) is 1.32. The minimum absolute atomic E-state index is 0.0367. The second-order valence-corrected chi connectivity index (χ2v) is 5.95. The van der Waals surface area contributed by atoms with Crippen LogP contribution in [0.2, 0.25) is 0 Å². The maximum Gasteiger partial charge on any atom is 0.252 e. The standard InChI is InChI=1S/C17H22N2O2/c20-16-8-4-2-6-13(16)10-18-11-14-9-12-5-1-3-7-15(12)19-17(14)21/h1,3,5,7,9,13,16,18,20H,2,4,6,8,10-11H2,(H,19,21). The highest BCUT2D eigenvalue weighted by atomic mass is 16.3. The van der Waals surface area contributed by atoms with Crippen molar-refractivity contribution >= 4 is 10.9 Å². The minimum Gasteiger partial charge on any atom is -0.393 e. The van der Waals surface area contributed by atoms with Gasteiger partial charge in [0.15, 0.2) is 0 Å². The van der Waals surface area contributed by atoms with Crippen LogP contribution in [0.5, 0.6) is 0 Å². The number of aromatic nitrogens is 1. The zero-order valence-electron chi connectivity index (χ0n) is 12.1. The molecule has 2 unspecified atom stereocenters. The highest BCUT2D eigenvalue weighted by Gasteiger charge is 2.22. The zero-order valence-corrected chi connectivity index (χ0v) is 12.1. The molecule has 1 aromatic carbocycles. The van der Waals surface area contributed by atoms with Gasteiger partial charge in [0.05, 0.1) is 6.10 Å². The van der Waals surface area contributed by atoms with Crippen molar-refractivity contribution in [1.29, 1.82) is 0 Å². The molecule has 4 nitrogen and oxygen atoms in total. The third kappa shape index (κ3) is 3.34. The Morgan fingerprint density at radius 2 is 2.05 bits per heavy atom. The van der Waals surface area contributed by atoms with E-state index in [9.17, 15) is 9.90 Å². The highest BCUT2D eigenvalue weighted by Crippen LogP contribution is 2.23. The van der Waals surface area contributed by atoms with Crippen molar-refractivity contribution in [2.24, 2.45) is 5.92 Å². The zero-order chi connectivity index (χ0) is 14.7. The molecule has 112 valence electrons. The molecular weight excluding hydrogens is 264 g/mol. The molecule has 2 atom stereocenters. The van der Waals surface area contributed by atoms with Crippen LogP contribution >= 0.6 is 0 Å². The van der Waals surface area contributed by atoms with Crippen LogP contribution in [-0.4, -0.2) is 22.7 Å². The van der Waals surface area contributed by atoms with E-state index in [1.54, 1.807) is 0 Å². The Balaban J connectivity index is 1.65. The van der Waals surface area contributed by atoms with E-state index in [4.69, 9.17) is 0 Å². The number of hydrogen-bond donors (Lipinski definition) is 3. The Hall–Kier alpha value is -1.65. The van der Waals surface area contributed by atoms with Crippen LogP contribution in [-0.2, 0) is 6.54 Å². The predicted octanol–water partition coefficient (Wildman–Crippen LogP) is 2.17. The van der Waals surface area contributed by atoms with Gasteiger partial charge in [-0.1, -0.05) is 31.0 Å². The molecule has 0 saturated heterocycles. The van der Waals surface area contributed by atoms with Gasteiger partial charge in [0.1, 0.15) is 0 Å². The fraction of sp³-hybridized carbons (Fsp3) is 0.471. The Morgan fingerprint density at radius 1 is 1.24 bits per heavy atom. The van der Waals surface area contributed by atoms with Gasteiger partial charge in [0, 0.05) is 24.2 Å².